The van der Waals surface area contributed by atoms with Gasteiger partial charge in [-0.15, -0.1) is 0 Å². The van der Waals surface area contributed by atoms with Crippen molar-refractivity contribution in [2.24, 2.45) is 4.99 Å². The van der Waals surface area contributed by atoms with Gasteiger partial charge in [-0.3, -0.25) is 4.79 Å². The summed E-state index contributed by atoms with van der Waals surface area (Å²) in [6, 6.07) is 20.3. The van der Waals surface area contributed by atoms with Gasteiger partial charge in [0.05, 0.1) is 11.4 Å². The predicted molar refractivity (Wildman–Crippen MR) is 136 cm³/mol. The SMILES string of the molecule is CSCCN1C(=O)C(NC(=O)Nc2cccc(C)c2)N=C(c2ccccc2F)c2ccccc21. The molecular weight excluding hydrogens is 451 g/mol. The predicted octanol–water partition coefficient (Wildman–Crippen LogP) is 4.83. The van der Waals surface area contributed by atoms with E-state index >= 15 is 0 Å². The number of benzodiazepines with no additional fused rings is 1. The van der Waals surface area contributed by atoms with Gasteiger partial charge in [0.25, 0.3) is 5.91 Å². The lowest BCUT2D eigenvalue weighted by molar-refractivity contribution is -0.120. The van der Waals surface area contributed by atoms with Crippen LogP contribution in [0.2, 0.25) is 0 Å². The second-order valence-electron chi connectivity index (χ2n) is 7.83. The molecule has 3 amide bonds. The number of thioether (sulfide) groups is 1. The normalized spacial score (nSPS) is 15.3. The van der Waals surface area contributed by atoms with Crippen LogP contribution in [0.3, 0.4) is 0 Å². The summed E-state index contributed by atoms with van der Waals surface area (Å²) in [5, 5.41) is 5.43. The van der Waals surface area contributed by atoms with E-state index in [0.29, 0.717) is 34.9 Å². The molecule has 4 rings (SSSR count). The number of aliphatic imine (C=N–C) groups is 1. The van der Waals surface area contributed by atoms with Crippen LogP contribution in [0.5, 0.6) is 0 Å². The van der Waals surface area contributed by atoms with Crippen molar-refractivity contribution in [2.45, 2.75) is 13.1 Å². The van der Waals surface area contributed by atoms with Crippen molar-refractivity contribution in [2.75, 3.05) is 28.8 Å². The fourth-order valence-electron chi connectivity index (χ4n) is 3.82. The topological polar surface area (TPSA) is 73.8 Å². The Kier molecular flexibility index (Phi) is 7.27. The summed E-state index contributed by atoms with van der Waals surface area (Å²) < 4.78 is 14.8. The molecule has 6 nitrogen and oxygen atoms in total. The molecule has 0 fully saturated rings. The smallest absolute Gasteiger partial charge is 0.308 e. The van der Waals surface area contributed by atoms with Crippen LogP contribution < -0.4 is 15.5 Å². The molecule has 0 radical (unpaired) electrons. The average molecular weight is 477 g/mol. The van der Waals surface area contributed by atoms with E-state index in [0.717, 1.165) is 5.56 Å². The summed E-state index contributed by atoms with van der Waals surface area (Å²) in [5.41, 5.74) is 3.42. The first kappa shape index (κ1) is 23.5. The first-order chi connectivity index (χ1) is 16.5. The van der Waals surface area contributed by atoms with E-state index in [4.69, 9.17) is 0 Å². The number of nitrogens with one attached hydrogen (secondary N) is 2. The highest BCUT2D eigenvalue weighted by Gasteiger charge is 2.33. The second kappa shape index (κ2) is 10.5. The maximum Gasteiger partial charge on any atom is 0.321 e. The number of carbonyl (C=O) groups excluding carboxylic acids is 2. The Balaban J connectivity index is 1.75. The number of para-hydroxylation sites is 1. The van der Waals surface area contributed by atoms with Crippen molar-refractivity contribution in [3.05, 3.63) is 95.3 Å². The fourth-order valence-corrected chi connectivity index (χ4v) is 4.18. The van der Waals surface area contributed by atoms with Crippen molar-refractivity contribution in [1.82, 2.24) is 5.32 Å². The highest BCUT2D eigenvalue weighted by atomic mass is 32.2. The molecule has 0 aromatic heterocycles. The number of nitrogens with zero attached hydrogens (tertiary/aromatic N) is 2. The first-order valence-electron chi connectivity index (χ1n) is 10.8. The molecule has 1 heterocycles. The third kappa shape index (κ3) is 5.12. The van der Waals surface area contributed by atoms with Gasteiger partial charge in [-0.05, 0) is 49.1 Å². The van der Waals surface area contributed by atoms with E-state index < -0.39 is 18.0 Å². The standard InChI is InChI=1S/C26H25FN4O2S/c1-17-8-7-9-18(16-17)28-26(33)30-24-25(32)31(14-15-34-2)22-13-6-4-11-20(22)23(29-24)19-10-3-5-12-21(19)27/h3-13,16,24H,14-15H2,1-2H3,(H2,28,30,33). The number of hydrogen-bond donors (Lipinski definition) is 2. The maximum atomic E-state index is 14.8. The number of urea groups is 1. The van der Waals surface area contributed by atoms with E-state index in [9.17, 15) is 14.0 Å². The van der Waals surface area contributed by atoms with Crippen LogP contribution in [-0.4, -0.2) is 42.4 Å². The molecule has 8 heteroatoms. The van der Waals surface area contributed by atoms with Gasteiger partial charge < -0.3 is 15.5 Å². The van der Waals surface area contributed by atoms with Crippen molar-refractivity contribution < 1.29 is 14.0 Å². The van der Waals surface area contributed by atoms with Crippen molar-refractivity contribution >= 4 is 40.8 Å². The van der Waals surface area contributed by atoms with Gasteiger partial charge in [0, 0.05) is 29.1 Å². The molecule has 2 N–H and O–H groups in total. The molecule has 0 bridgehead atoms. The van der Waals surface area contributed by atoms with Gasteiger partial charge in [-0.25, -0.2) is 14.2 Å². The Morgan fingerprint density at radius 2 is 1.79 bits per heavy atom. The molecule has 1 unspecified atom stereocenters. The molecule has 1 aliphatic heterocycles. The molecule has 0 saturated carbocycles. The van der Waals surface area contributed by atoms with E-state index in [2.05, 4.69) is 15.6 Å². The molecule has 1 atom stereocenters. The Morgan fingerprint density at radius 3 is 2.53 bits per heavy atom. The number of aryl methyl sites for hydroxylation is 1. The van der Waals surface area contributed by atoms with Gasteiger partial charge in [-0.2, -0.15) is 11.8 Å². The Labute approximate surface area is 202 Å². The van der Waals surface area contributed by atoms with E-state index in [1.807, 2.05) is 55.6 Å². The molecule has 1 aliphatic rings. The van der Waals surface area contributed by atoms with Crippen LogP contribution >= 0.6 is 11.8 Å². The van der Waals surface area contributed by atoms with Crippen LogP contribution in [0, 0.1) is 12.7 Å². The van der Waals surface area contributed by atoms with Gasteiger partial charge in [0.2, 0.25) is 6.17 Å². The molecule has 34 heavy (non-hydrogen) atoms. The number of carbonyl (C=O) groups is 2. The number of rotatable bonds is 6. The third-order valence-corrected chi connectivity index (χ3v) is 5.99. The van der Waals surface area contributed by atoms with E-state index in [1.54, 1.807) is 40.9 Å². The summed E-state index contributed by atoms with van der Waals surface area (Å²) in [4.78, 5) is 32.6. The zero-order chi connectivity index (χ0) is 24.1. The number of fused-ring (bicyclic) bond motifs is 1. The fraction of sp³-hybridized carbons (Fsp3) is 0.192. The molecule has 0 saturated heterocycles. The number of halogens is 1. The molecule has 174 valence electrons. The van der Waals surface area contributed by atoms with Crippen LogP contribution in [-0.2, 0) is 4.79 Å². The number of anilines is 2. The Bertz CT molecular complexity index is 1250. The second-order valence-corrected chi connectivity index (χ2v) is 8.81. The monoisotopic (exact) mass is 476 g/mol. The van der Waals surface area contributed by atoms with Crippen molar-refractivity contribution in [3.8, 4) is 0 Å². The lowest BCUT2D eigenvalue weighted by Gasteiger charge is -2.25. The van der Waals surface area contributed by atoms with Crippen LogP contribution in [0.25, 0.3) is 0 Å². The molecule has 3 aromatic rings. The number of amides is 3. The zero-order valence-electron chi connectivity index (χ0n) is 18.9. The minimum Gasteiger partial charge on any atom is -0.308 e. The summed E-state index contributed by atoms with van der Waals surface area (Å²) in [5.74, 6) is -0.145. The van der Waals surface area contributed by atoms with Gasteiger partial charge in [0.15, 0.2) is 0 Å². The lowest BCUT2D eigenvalue weighted by atomic mass is 10.00. The van der Waals surface area contributed by atoms with Crippen LogP contribution in [0.15, 0.2) is 77.8 Å². The minimum absolute atomic E-state index is 0.264. The first-order valence-corrected chi connectivity index (χ1v) is 12.2. The van der Waals surface area contributed by atoms with E-state index in [-0.39, 0.29) is 11.5 Å². The summed E-state index contributed by atoms with van der Waals surface area (Å²) >= 11 is 1.61. The summed E-state index contributed by atoms with van der Waals surface area (Å²) in [7, 11) is 0. The highest BCUT2D eigenvalue weighted by Crippen LogP contribution is 2.29. The number of benzene rings is 3. The molecular formula is C26H25FN4O2S. The van der Waals surface area contributed by atoms with Crippen molar-refractivity contribution in [1.29, 1.82) is 0 Å². The summed E-state index contributed by atoms with van der Waals surface area (Å²) in [6.45, 7) is 2.35. The van der Waals surface area contributed by atoms with Crippen LogP contribution in [0.4, 0.5) is 20.6 Å². The Morgan fingerprint density at radius 1 is 1.06 bits per heavy atom. The van der Waals surface area contributed by atoms with Crippen LogP contribution in [0.1, 0.15) is 16.7 Å². The minimum atomic E-state index is -1.23. The summed E-state index contributed by atoms with van der Waals surface area (Å²) in [6.07, 6.45) is 0.731. The van der Waals surface area contributed by atoms with Gasteiger partial charge in [-0.1, -0.05) is 42.5 Å². The third-order valence-electron chi connectivity index (χ3n) is 5.40. The average Bonchev–Trinajstić information content (AvgIpc) is 2.93. The van der Waals surface area contributed by atoms with Gasteiger partial charge in [0.1, 0.15) is 5.82 Å². The lowest BCUT2D eigenvalue weighted by Crippen LogP contribution is -2.49. The Hall–Kier alpha value is -3.65. The highest BCUT2D eigenvalue weighted by molar-refractivity contribution is 7.98. The zero-order valence-corrected chi connectivity index (χ0v) is 19.7. The van der Waals surface area contributed by atoms with E-state index in [1.165, 1.54) is 6.07 Å². The molecule has 0 aliphatic carbocycles. The van der Waals surface area contributed by atoms with Gasteiger partial charge >= 0.3 is 6.03 Å². The largest absolute Gasteiger partial charge is 0.321 e. The molecule has 0 spiro atoms. The molecule has 3 aromatic carbocycles. The maximum absolute atomic E-state index is 14.8. The number of hydrogen-bond acceptors (Lipinski definition) is 4. The van der Waals surface area contributed by atoms with Crippen molar-refractivity contribution in [3.63, 3.8) is 0 Å². The quantitative estimate of drug-likeness (QED) is 0.535.